The Labute approximate surface area is 79.0 Å². The summed E-state index contributed by atoms with van der Waals surface area (Å²) >= 11 is 0. The molecule has 2 N–H and O–H groups in total. The highest BCUT2D eigenvalue weighted by Crippen LogP contribution is 2.52. The summed E-state index contributed by atoms with van der Waals surface area (Å²) in [5, 5.41) is 19.8. The van der Waals surface area contributed by atoms with Crippen molar-refractivity contribution in [3.8, 4) is 0 Å². The molecule has 5 aliphatic rings. The molecule has 0 aromatic heterocycles. The summed E-state index contributed by atoms with van der Waals surface area (Å²) in [7, 11) is 0. The van der Waals surface area contributed by atoms with E-state index >= 15 is 0 Å². The van der Waals surface area contributed by atoms with Crippen LogP contribution < -0.4 is 0 Å². The van der Waals surface area contributed by atoms with E-state index in [-0.39, 0.29) is 12.2 Å². The number of hydrogen-bond acceptors (Lipinski definition) is 2. The Morgan fingerprint density at radius 3 is 1.54 bits per heavy atom. The molecule has 0 amide bonds. The van der Waals surface area contributed by atoms with Crippen molar-refractivity contribution in [1.29, 1.82) is 0 Å². The number of hydrogen-bond donors (Lipinski definition) is 2. The summed E-state index contributed by atoms with van der Waals surface area (Å²) in [6.45, 7) is 0. The Morgan fingerprint density at radius 2 is 1.08 bits per heavy atom. The fraction of sp³-hybridized carbons (Fsp3) is 1.00. The van der Waals surface area contributed by atoms with Crippen LogP contribution in [0.1, 0.15) is 32.1 Å². The molecule has 6 atom stereocenters. The molecule has 5 saturated carbocycles. The van der Waals surface area contributed by atoms with Gasteiger partial charge in [-0.2, -0.15) is 0 Å². The van der Waals surface area contributed by atoms with E-state index in [9.17, 15) is 10.2 Å². The van der Waals surface area contributed by atoms with Crippen LogP contribution in [0.5, 0.6) is 0 Å². The average molecular weight is 182 g/mol. The largest absolute Gasteiger partial charge is 0.393 e. The summed E-state index contributed by atoms with van der Waals surface area (Å²) in [6, 6.07) is 0. The maximum Gasteiger partial charge on any atom is 0.0574 e. The third-order valence-corrected chi connectivity index (χ3v) is 4.57. The maximum absolute atomic E-state index is 9.91. The van der Waals surface area contributed by atoms with Crippen molar-refractivity contribution in [2.24, 2.45) is 23.7 Å². The molecule has 13 heavy (non-hydrogen) atoms. The average Bonchev–Trinajstić information content (AvgIpc) is 2.36. The molecule has 4 bridgehead atoms. The highest BCUT2D eigenvalue weighted by Gasteiger charge is 2.48. The smallest absolute Gasteiger partial charge is 0.0574 e. The zero-order valence-electron chi connectivity index (χ0n) is 7.89. The van der Waals surface area contributed by atoms with Gasteiger partial charge in [0.1, 0.15) is 0 Å². The van der Waals surface area contributed by atoms with E-state index in [1.54, 1.807) is 0 Å². The normalized spacial score (nSPS) is 59.5. The molecular formula is C11H18O2. The zero-order valence-corrected chi connectivity index (χ0v) is 7.89. The summed E-state index contributed by atoms with van der Waals surface area (Å²) in [6.07, 6.45) is 5.42. The Kier molecular flexibility index (Phi) is 1.72. The van der Waals surface area contributed by atoms with Crippen molar-refractivity contribution in [3.05, 3.63) is 0 Å². The minimum atomic E-state index is -0.108. The van der Waals surface area contributed by atoms with Gasteiger partial charge in [-0.05, 0) is 55.8 Å². The molecule has 74 valence electrons. The second-order valence-electron chi connectivity index (χ2n) is 5.37. The van der Waals surface area contributed by atoms with Crippen LogP contribution in [0, 0.1) is 23.7 Å². The lowest BCUT2D eigenvalue weighted by Crippen LogP contribution is -2.42. The van der Waals surface area contributed by atoms with E-state index in [0.29, 0.717) is 23.7 Å². The molecule has 2 nitrogen and oxygen atoms in total. The van der Waals surface area contributed by atoms with E-state index in [1.165, 1.54) is 19.3 Å². The molecule has 0 spiro atoms. The molecule has 0 aliphatic heterocycles. The molecule has 2 heteroatoms. The van der Waals surface area contributed by atoms with Crippen LogP contribution in [0.15, 0.2) is 0 Å². The van der Waals surface area contributed by atoms with Crippen molar-refractivity contribution >= 4 is 0 Å². The summed E-state index contributed by atoms with van der Waals surface area (Å²) in [5.41, 5.74) is 0. The van der Waals surface area contributed by atoms with Crippen molar-refractivity contribution in [1.82, 2.24) is 0 Å². The van der Waals surface area contributed by atoms with E-state index in [1.807, 2.05) is 0 Å². The SMILES string of the molecule is O[C@H]1C[C@@H]2C[C@@H]3C[C@H]1[C@H](C2)[C@@H](O)C3. The molecule has 5 aliphatic carbocycles. The topological polar surface area (TPSA) is 40.5 Å². The predicted octanol–water partition coefficient (Wildman–Crippen LogP) is 1.16. The molecule has 0 saturated heterocycles. The first-order valence-electron chi connectivity index (χ1n) is 5.60. The molecule has 0 unspecified atom stereocenters. The molecule has 0 radical (unpaired) electrons. The van der Waals surface area contributed by atoms with Crippen LogP contribution in [0.2, 0.25) is 0 Å². The van der Waals surface area contributed by atoms with Crippen LogP contribution in [0.3, 0.4) is 0 Å². The summed E-state index contributed by atoms with van der Waals surface area (Å²) in [4.78, 5) is 0. The van der Waals surface area contributed by atoms with Gasteiger partial charge in [0.05, 0.1) is 12.2 Å². The first-order chi connectivity index (χ1) is 6.24. The lowest BCUT2D eigenvalue weighted by atomic mass is 9.68. The van der Waals surface area contributed by atoms with Crippen LogP contribution in [0.4, 0.5) is 0 Å². The summed E-state index contributed by atoms with van der Waals surface area (Å²) < 4.78 is 0. The fourth-order valence-corrected chi connectivity index (χ4v) is 4.09. The first-order valence-corrected chi connectivity index (χ1v) is 5.60. The lowest BCUT2D eigenvalue weighted by Gasteiger charge is -2.41. The van der Waals surface area contributed by atoms with Gasteiger partial charge in [-0.15, -0.1) is 0 Å². The minimum Gasteiger partial charge on any atom is -0.393 e. The number of aliphatic hydroxyl groups excluding tert-OH is 2. The van der Waals surface area contributed by atoms with Gasteiger partial charge in [0, 0.05) is 0 Å². The zero-order chi connectivity index (χ0) is 9.00. The molecule has 5 rings (SSSR count). The highest BCUT2D eigenvalue weighted by atomic mass is 16.3. The van der Waals surface area contributed by atoms with Crippen molar-refractivity contribution in [2.45, 2.75) is 44.3 Å². The lowest BCUT2D eigenvalue weighted by molar-refractivity contribution is -0.0564. The predicted molar refractivity (Wildman–Crippen MR) is 49.1 cm³/mol. The van der Waals surface area contributed by atoms with Gasteiger partial charge < -0.3 is 10.2 Å². The molecular weight excluding hydrogens is 164 g/mol. The van der Waals surface area contributed by atoms with Gasteiger partial charge in [0.15, 0.2) is 0 Å². The second kappa shape index (κ2) is 2.71. The number of rotatable bonds is 0. The highest BCUT2D eigenvalue weighted by molar-refractivity contribution is 4.99. The first kappa shape index (κ1) is 8.25. The Morgan fingerprint density at radius 1 is 0.615 bits per heavy atom. The van der Waals surface area contributed by atoms with E-state index in [4.69, 9.17) is 0 Å². The second-order valence-corrected chi connectivity index (χ2v) is 5.37. The molecule has 0 aromatic rings. The number of fused-ring (bicyclic) bond motifs is 2. The van der Waals surface area contributed by atoms with E-state index in [0.717, 1.165) is 12.8 Å². The Bertz CT molecular complexity index is 194. The Balaban J connectivity index is 1.95. The van der Waals surface area contributed by atoms with Crippen molar-refractivity contribution < 1.29 is 10.2 Å². The van der Waals surface area contributed by atoms with Gasteiger partial charge in [0.25, 0.3) is 0 Å². The third kappa shape index (κ3) is 1.15. The maximum atomic E-state index is 9.91. The van der Waals surface area contributed by atoms with E-state index in [2.05, 4.69) is 0 Å². The standard InChI is InChI=1S/C11H18O2/c12-10-5-7-1-6-2-8(10)9(3-7)11(13)4-6/h6-13H,1-5H2/t6-,7-,8+,9+,10+,11+/m1/s1. The van der Waals surface area contributed by atoms with Gasteiger partial charge in [0.2, 0.25) is 0 Å². The van der Waals surface area contributed by atoms with Crippen LogP contribution >= 0.6 is 0 Å². The third-order valence-electron chi connectivity index (χ3n) is 4.57. The van der Waals surface area contributed by atoms with Gasteiger partial charge in [-0.25, -0.2) is 0 Å². The van der Waals surface area contributed by atoms with Crippen molar-refractivity contribution in [3.63, 3.8) is 0 Å². The molecule has 0 heterocycles. The monoisotopic (exact) mass is 182 g/mol. The Hall–Kier alpha value is -0.0800. The molecule has 0 aromatic carbocycles. The van der Waals surface area contributed by atoms with Gasteiger partial charge >= 0.3 is 0 Å². The summed E-state index contributed by atoms with van der Waals surface area (Å²) in [5.74, 6) is 2.27. The number of aliphatic hydroxyl groups is 2. The van der Waals surface area contributed by atoms with Crippen LogP contribution in [-0.2, 0) is 0 Å². The van der Waals surface area contributed by atoms with Crippen molar-refractivity contribution in [2.75, 3.05) is 0 Å². The fourth-order valence-electron chi connectivity index (χ4n) is 4.09. The van der Waals surface area contributed by atoms with Gasteiger partial charge in [-0.3, -0.25) is 0 Å². The van der Waals surface area contributed by atoms with Crippen LogP contribution in [-0.4, -0.2) is 22.4 Å². The molecule has 5 fully saturated rings. The quantitative estimate of drug-likeness (QED) is 0.590. The van der Waals surface area contributed by atoms with Crippen LogP contribution in [0.25, 0.3) is 0 Å². The van der Waals surface area contributed by atoms with E-state index < -0.39 is 0 Å². The minimum absolute atomic E-state index is 0.108. The van der Waals surface area contributed by atoms with Gasteiger partial charge in [-0.1, -0.05) is 0 Å².